The van der Waals surface area contributed by atoms with E-state index in [4.69, 9.17) is 15.6 Å². The molecule has 1 unspecified atom stereocenters. The number of aliphatic hydroxyl groups is 1. The summed E-state index contributed by atoms with van der Waals surface area (Å²) in [6.07, 6.45) is 0. The normalized spacial score (nSPS) is 10.4. The van der Waals surface area contributed by atoms with Crippen molar-refractivity contribution in [1.82, 2.24) is 0 Å². The molecule has 17 heavy (non-hydrogen) atoms. The van der Waals surface area contributed by atoms with Gasteiger partial charge in [0.2, 0.25) is 0 Å². The fourth-order valence-electron chi connectivity index (χ4n) is 0.860. The molecule has 1 aromatic carbocycles. The lowest BCUT2D eigenvalue weighted by Gasteiger charge is -2.06. The van der Waals surface area contributed by atoms with Gasteiger partial charge in [-0.05, 0) is 19.4 Å². The Morgan fingerprint density at radius 1 is 1.41 bits per heavy atom. The lowest BCUT2D eigenvalue weighted by Crippen LogP contribution is -2.28. The molecule has 1 aromatic rings. The van der Waals surface area contributed by atoms with Gasteiger partial charge in [0.15, 0.2) is 0 Å². The largest absolute Gasteiger partial charge is 0.460 e. The van der Waals surface area contributed by atoms with E-state index in [2.05, 4.69) is 0 Å². The minimum absolute atomic E-state index is 0. The molecule has 1 rings (SSSR count). The van der Waals surface area contributed by atoms with Crippen molar-refractivity contribution >= 4 is 18.4 Å². The molecule has 98 valence electrons. The van der Waals surface area contributed by atoms with Crippen LogP contribution in [0.15, 0.2) is 30.3 Å². The zero-order valence-electron chi connectivity index (χ0n) is 10.1. The average molecular weight is 262 g/mol. The predicted molar refractivity (Wildman–Crippen MR) is 69.9 cm³/mol. The Labute approximate surface area is 108 Å². The summed E-state index contributed by atoms with van der Waals surface area (Å²) in [4.78, 5) is 11.0. The van der Waals surface area contributed by atoms with Gasteiger partial charge in [-0.25, -0.2) is 0 Å². The van der Waals surface area contributed by atoms with Gasteiger partial charge in [0, 0.05) is 6.61 Å². The second-order valence-electron chi connectivity index (χ2n) is 3.20. The second-order valence-corrected chi connectivity index (χ2v) is 3.20. The van der Waals surface area contributed by atoms with E-state index in [1.165, 1.54) is 0 Å². The molecular weight excluding hydrogens is 242 g/mol. The quantitative estimate of drug-likeness (QED) is 0.809. The van der Waals surface area contributed by atoms with Crippen LogP contribution in [0.25, 0.3) is 0 Å². The van der Waals surface area contributed by atoms with Crippen molar-refractivity contribution in [3.8, 4) is 0 Å². The van der Waals surface area contributed by atoms with E-state index in [1.54, 1.807) is 13.8 Å². The number of aliphatic hydroxyl groups excluding tert-OH is 1. The average Bonchev–Trinajstić information content (AvgIpc) is 2.28. The number of carbonyl (C=O) groups excluding carboxylic acids is 1. The maximum Gasteiger partial charge on any atom is 0.322 e. The number of halogens is 1. The lowest BCUT2D eigenvalue weighted by molar-refractivity contribution is -0.146. The Hall–Kier alpha value is -1.10. The number of esters is 1. The van der Waals surface area contributed by atoms with Gasteiger partial charge >= 0.3 is 5.97 Å². The number of hydrogen-bond acceptors (Lipinski definition) is 4. The number of benzene rings is 1. The van der Waals surface area contributed by atoms with Gasteiger partial charge in [-0.1, -0.05) is 30.3 Å². The molecular formula is C12H20ClNO3. The van der Waals surface area contributed by atoms with Crippen LogP contribution in [0.4, 0.5) is 0 Å². The number of nitrogens with two attached hydrogens (primary N) is 1. The molecule has 0 aliphatic rings. The number of carbonyl (C=O) groups is 1. The van der Waals surface area contributed by atoms with E-state index in [-0.39, 0.29) is 25.0 Å². The smallest absolute Gasteiger partial charge is 0.322 e. The third-order valence-corrected chi connectivity index (χ3v) is 1.60. The molecule has 4 nitrogen and oxygen atoms in total. The van der Waals surface area contributed by atoms with Crippen molar-refractivity contribution in [2.45, 2.75) is 26.5 Å². The Balaban J connectivity index is 0. The molecule has 0 amide bonds. The van der Waals surface area contributed by atoms with Crippen LogP contribution in [-0.4, -0.2) is 23.7 Å². The first-order chi connectivity index (χ1) is 7.61. The number of rotatable bonds is 3. The van der Waals surface area contributed by atoms with Crippen molar-refractivity contribution in [3.05, 3.63) is 35.9 Å². The van der Waals surface area contributed by atoms with Crippen LogP contribution in [-0.2, 0) is 16.1 Å². The van der Waals surface area contributed by atoms with Crippen molar-refractivity contribution < 1.29 is 14.6 Å². The van der Waals surface area contributed by atoms with Crippen LogP contribution in [0.1, 0.15) is 19.4 Å². The fourth-order valence-corrected chi connectivity index (χ4v) is 0.860. The van der Waals surface area contributed by atoms with Crippen LogP contribution in [0.5, 0.6) is 0 Å². The molecule has 0 heterocycles. The maximum absolute atomic E-state index is 11.0. The zero-order valence-corrected chi connectivity index (χ0v) is 10.9. The summed E-state index contributed by atoms with van der Waals surface area (Å²) in [5.41, 5.74) is 6.29. The van der Waals surface area contributed by atoms with Crippen LogP contribution < -0.4 is 5.73 Å². The molecule has 0 spiro atoms. The lowest BCUT2D eigenvalue weighted by atomic mass is 10.2. The molecule has 0 radical (unpaired) electrons. The van der Waals surface area contributed by atoms with Gasteiger partial charge in [-0.15, -0.1) is 12.4 Å². The van der Waals surface area contributed by atoms with Crippen molar-refractivity contribution in [2.75, 3.05) is 6.61 Å². The van der Waals surface area contributed by atoms with E-state index < -0.39 is 6.04 Å². The molecule has 0 bridgehead atoms. The van der Waals surface area contributed by atoms with Crippen molar-refractivity contribution in [1.29, 1.82) is 0 Å². The number of hydrogen-bond donors (Lipinski definition) is 2. The first-order valence-corrected chi connectivity index (χ1v) is 5.18. The highest BCUT2D eigenvalue weighted by molar-refractivity contribution is 5.85. The Morgan fingerprint density at radius 2 is 1.88 bits per heavy atom. The highest BCUT2D eigenvalue weighted by Gasteiger charge is 2.07. The van der Waals surface area contributed by atoms with Gasteiger partial charge in [0.1, 0.15) is 12.6 Å². The summed E-state index contributed by atoms with van der Waals surface area (Å²) in [5.74, 6) is -0.371. The molecule has 3 N–H and O–H groups in total. The predicted octanol–water partition coefficient (Wildman–Crippen LogP) is 1.50. The summed E-state index contributed by atoms with van der Waals surface area (Å²) < 4.78 is 4.93. The van der Waals surface area contributed by atoms with E-state index >= 15 is 0 Å². The van der Waals surface area contributed by atoms with Gasteiger partial charge < -0.3 is 15.6 Å². The molecule has 1 atom stereocenters. The summed E-state index contributed by atoms with van der Waals surface area (Å²) >= 11 is 0. The summed E-state index contributed by atoms with van der Waals surface area (Å²) in [7, 11) is 0. The fraction of sp³-hybridized carbons (Fsp3) is 0.417. The van der Waals surface area contributed by atoms with E-state index in [1.807, 2.05) is 30.3 Å². The van der Waals surface area contributed by atoms with Crippen LogP contribution in [0.2, 0.25) is 0 Å². The van der Waals surface area contributed by atoms with E-state index in [0.29, 0.717) is 6.61 Å². The Morgan fingerprint density at radius 3 is 2.29 bits per heavy atom. The molecule has 0 fully saturated rings. The first kappa shape index (κ1) is 18.3. The molecule has 0 saturated carbocycles. The molecule has 5 heteroatoms. The standard InChI is InChI=1S/C10H13NO2.C2H6O.ClH/c1-8(11)10(12)13-7-9-5-3-2-4-6-9;1-2-3;/h2-6,8H,7,11H2,1H3;3H,2H2,1H3;1H. The third-order valence-electron chi connectivity index (χ3n) is 1.60. The molecule has 0 saturated heterocycles. The van der Waals surface area contributed by atoms with Crippen LogP contribution in [0, 0.1) is 0 Å². The topological polar surface area (TPSA) is 72.6 Å². The highest BCUT2D eigenvalue weighted by Crippen LogP contribution is 2.00. The number of ether oxygens (including phenoxy) is 1. The van der Waals surface area contributed by atoms with Gasteiger partial charge in [0.05, 0.1) is 0 Å². The Bertz CT molecular complexity index is 291. The van der Waals surface area contributed by atoms with Crippen molar-refractivity contribution in [2.24, 2.45) is 5.73 Å². The van der Waals surface area contributed by atoms with Gasteiger partial charge in [-0.3, -0.25) is 4.79 Å². The third kappa shape index (κ3) is 9.81. The van der Waals surface area contributed by atoms with E-state index in [9.17, 15) is 4.79 Å². The highest BCUT2D eigenvalue weighted by atomic mass is 35.5. The zero-order chi connectivity index (χ0) is 12.4. The van der Waals surface area contributed by atoms with Gasteiger partial charge in [0.25, 0.3) is 0 Å². The van der Waals surface area contributed by atoms with Crippen molar-refractivity contribution in [3.63, 3.8) is 0 Å². The second kappa shape index (κ2) is 11.4. The molecule has 0 aliphatic heterocycles. The molecule has 0 aromatic heterocycles. The SMILES string of the molecule is CC(N)C(=O)OCc1ccccc1.CCO.Cl. The Kier molecular flexibility index (Phi) is 12.2. The van der Waals surface area contributed by atoms with Gasteiger partial charge in [-0.2, -0.15) is 0 Å². The monoisotopic (exact) mass is 261 g/mol. The van der Waals surface area contributed by atoms with Crippen LogP contribution in [0.3, 0.4) is 0 Å². The minimum Gasteiger partial charge on any atom is -0.460 e. The van der Waals surface area contributed by atoms with Crippen LogP contribution >= 0.6 is 12.4 Å². The summed E-state index contributed by atoms with van der Waals surface area (Å²) in [6.45, 7) is 3.83. The minimum atomic E-state index is -0.552. The summed E-state index contributed by atoms with van der Waals surface area (Å²) in [6, 6.07) is 8.95. The molecule has 0 aliphatic carbocycles. The maximum atomic E-state index is 11.0. The first-order valence-electron chi connectivity index (χ1n) is 5.18. The summed E-state index contributed by atoms with van der Waals surface area (Å²) in [5, 5.41) is 7.57. The van der Waals surface area contributed by atoms with E-state index in [0.717, 1.165) is 5.56 Å².